The summed E-state index contributed by atoms with van der Waals surface area (Å²) in [6.45, 7) is 1.86. The summed E-state index contributed by atoms with van der Waals surface area (Å²) in [6, 6.07) is 3.45. The summed E-state index contributed by atoms with van der Waals surface area (Å²) in [6.07, 6.45) is 0.800. The van der Waals surface area contributed by atoms with Crippen LogP contribution >= 0.6 is 27.5 Å². The monoisotopic (exact) mass is 232 g/mol. The molecule has 0 radical (unpaired) electrons. The zero-order valence-electron chi connectivity index (χ0n) is 5.90. The summed E-state index contributed by atoms with van der Waals surface area (Å²) in [7, 11) is 0. The standard InChI is InChI=1S/C8H6BrClO/c1-5-2-6(4-11)3-7(9)8(5)10/h2-4H,1H3. The second-order valence-corrected chi connectivity index (χ2v) is 3.48. The second kappa shape index (κ2) is 3.37. The zero-order chi connectivity index (χ0) is 8.43. The molecule has 0 amide bonds. The van der Waals surface area contributed by atoms with Crippen molar-refractivity contribution in [2.24, 2.45) is 0 Å². The molecule has 58 valence electrons. The number of rotatable bonds is 1. The molecular formula is C8H6BrClO. The lowest BCUT2D eigenvalue weighted by atomic mass is 10.2. The quantitative estimate of drug-likeness (QED) is 0.681. The van der Waals surface area contributed by atoms with Gasteiger partial charge in [0, 0.05) is 10.0 Å². The molecular weight excluding hydrogens is 227 g/mol. The van der Waals surface area contributed by atoms with Gasteiger partial charge in [0.15, 0.2) is 0 Å². The van der Waals surface area contributed by atoms with Gasteiger partial charge in [-0.3, -0.25) is 4.79 Å². The Morgan fingerprint density at radius 1 is 1.55 bits per heavy atom. The first-order valence-corrected chi connectivity index (χ1v) is 4.23. The Bertz CT molecular complexity index is 273. The van der Waals surface area contributed by atoms with Gasteiger partial charge in [-0.05, 0) is 40.5 Å². The van der Waals surface area contributed by atoms with E-state index in [2.05, 4.69) is 15.9 Å². The summed E-state index contributed by atoms with van der Waals surface area (Å²) < 4.78 is 0.765. The molecule has 1 nitrogen and oxygen atoms in total. The maximum absolute atomic E-state index is 10.4. The van der Waals surface area contributed by atoms with Crippen molar-refractivity contribution >= 4 is 33.8 Å². The Kier molecular flexibility index (Phi) is 2.68. The summed E-state index contributed by atoms with van der Waals surface area (Å²) in [4.78, 5) is 10.4. The summed E-state index contributed by atoms with van der Waals surface area (Å²) in [5.41, 5.74) is 1.54. The number of aryl methyl sites for hydroxylation is 1. The molecule has 0 aliphatic carbocycles. The SMILES string of the molecule is Cc1cc(C=O)cc(Br)c1Cl. The molecule has 1 aromatic carbocycles. The number of carbonyl (C=O) groups excluding carboxylic acids is 1. The zero-order valence-corrected chi connectivity index (χ0v) is 8.24. The highest BCUT2D eigenvalue weighted by atomic mass is 79.9. The van der Waals surface area contributed by atoms with E-state index in [9.17, 15) is 4.79 Å². The Morgan fingerprint density at radius 3 is 2.64 bits per heavy atom. The molecule has 0 saturated heterocycles. The van der Waals surface area contributed by atoms with Crippen LogP contribution in [0.25, 0.3) is 0 Å². The van der Waals surface area contributed by atoms with E-state index in [1.54, 1.807) is 12.1 Å². The highest BCUT2D eigenvalue weighted by Gasteiger charge is 2.02. The van der Waals surface area contributed by atoms with Crippen LogP contribution in [0.3, 0.4) is 0 Å². The van der Waals surface area contributed by atoms with Gasteiger partial charge in [0.2, 0.25) is 0 Å². The van der Waals surface area contributed by atoms with Crippen LogP contribution in [0.15, 0.2) is 16.6 Å². The van der Waals surface area contributed by atoms with E-state index in [4.69, 9.17) is 11.6 Å². The van der Waals surface area contributed by atoms with Crippen molar-refractivity contribution < 1.29 is 4.79 Å². The minimum Gasteiger partial charge on any atom is -0.298 e. The summed E-state index contributed by atoms with van der Waals surface area (Å²) in [5, 5.41) is 0.663. The van der Waals surface area contributed by atoms with Crippen LogP contribution in [-0.2, 0) is 0 Å². The third kappa shape index (κ3) is 1.82. The van der Waals surface area contributed by atoms with Crippen molar-refractivity contribution in [3.05, 3.63) is 32.8 Å². The van der Waals surface area contributed by atoms with Gasteiger partial charge in [0.05, 0.1) is 5.02 Å². The molecule has 0 atom stereocenters. The number of hydrogen-bond donors (Lipinski definition) is 0. The fraction of sp³-hybridized carbons (Fsp3) is 0.125. The lowest BCUT2D eigenvalue weighted by Crippen LogP contribution is -1.83. The Balaban J connectivity index is 3.31. The molecule has 0 spiro atoms. The van der Waals surface area contributed by atoms with Gasteiger partial charge < -0.3 is 0 Å². The van der Waals surface area contributed by atoms with Crippen molar-refractivity contribution in [2.45, 2.75) is 6.92 Å². The summed E-state index contributed by atoms with van der Waals surface area (Å²) in [5.74, 6) is 0. The fourth-order valence-electron chi connectivity index (χ4n) is 0.821. The van der Waals surface area contributed by atoms with Crippen LogP contribution in [-0.4, -0.2) is 6.29 Å². The van der Waals surface area contributed by atoms with Crippen molar-refractivity contribution in [1.29, 1.82) is 0 Å². The molecule has 0 N–H and O–H groups in total. The Hall–Kier alpha value is -0.340. The molecule has 0 aliphatic heterocycles. The first kappa shape index (κ1) is 8.75. The van der Waals surface area contributed by atoms with Gasteiger partial charge in [-0.15, -0.1) is 0 Å². The molecule has 0 saturated carbocycles. The highest BCUT2D eigenvalue weighted by Crippen LogP contribution is 2.26. The van der Waals surface area contributed by atoms with Crippen LogP contribution in [0.2, 0.25) is 5.02 Å². The molecule has 11 heavy (non-hydrogen) atoms. The predicted molar refractivity (Wildman–Crippen MR) is 49.3 cm³/mol. The van der Waals surface area contributed by atoms with Gasteiger partial charge in [0.1, 0.15) is 6.29 Å². The van der Waals surface area contributed by atoms with Gasteiger partial charge in [0.25, 0.3) is 0 Å². The number of benzene rings is 1. The predicted octanol–water partition coefficient (Wildman–Crippen LogP) is 3.22. The maximum Gasteiger partial charge on any atom is 0.150 e. The van der Waals surface area contributed by atoms with Crippen molar-refractivity contribution in [3.8, 4) is 0 Å². The van der Waals surface area contributed by atoms with Crippen LogP contribution in [0, 0.1) is 6.92 Å². The molecule has 0 fully saturated rings. The molecule has 0 heterocycles. The van der Waals surface area contributed by atoms with Gasteiger partial charge in [-0.25, -0.2) is 0 Å². The molecule has 0 aliphatic rings. The molecule has 1 rings (SSSR count). The molecule has 0 bridgehead atoms. The summed E-state index contributed by atoms with van der Waals surface area (Å²) >= 11 is 9.09. The van der Waals surface area contributed by atoms with E-state index in [1.807, 2.05) is 6.92 Å². The van der Waals surface area contributed by atoms with Gasteiger partial charge in [-0.2, -0.15) is 0 Å². The second-order valence-electron chi connectivity index (χ2n) is 2.25. The van der Waals surface area contributed by atoms with Crippen LogP contribution in [0.4, 0.5) is 0 Å². The first-order chi connectivity index (χ1) is 5.15. The van der Waals surface area contributed by atoms with Crippen molar-refractivity contribution in [1.82, 2.24) is 0 Å². The lowest BCUT2D eigenvalue weighted by Gasteiger charge is -2.00. The van der Waals surface area contributed by atoms with Crippen LogP contribution in [0.1, 0.15) is 15.9 Å². The smallest absolute Gasteiger partial charge is 0.150 e. The highest BCUT2D eigenvalue weighted by molar-refractivity contribution is 9.10. The van der Waals surface area contributed by atoms with Crippen LogP contribution < -0.4 is 0 Å². The lowest BCUT2D eigenvalue weighted by molar-refractivity contribution is 0.112. The van der Waals surface area contributed by atoms with E-state index < -0.39 is 0 Å². The topological polar surface area (TPSA) is 17.1 Å². The molecule has 3 heteroatoms. The average Bonchev–Trinajstić information content (AvgIpc) is 1.99. The largest absolute Gasteiger partial charge is 0.298 e. The normalized spacial score (nSPS) is 9.73. The van der Waals surface area contributed by atoms with Gasteiger partial charge >= 0.3 is 0 Å². The Labute approximate surface area is 78.5 Å². The number of carbonyl (C=O) groups is 1. The van der Waals surface area contributed by atoms with E-state index in [0.29, 0.717) is 10.6 Å². The Morgan fingerprint density at radius 2 is 2.18 bits per heavy atom. The first-order valence-electron chi connectivity index (χ1n) is 3.06. The molecule has 0 aromatic heterocycles. The van der Waals surface area contributed by atoms with Crippen molar-refractivity contribution in [3.63, 3.8) is 0 Å². The third-order valence-corrected chi connectivity index (χ3v) is 2.72. The average molecular weight is 233 g/mol. The minimum absolute atomic E-state index is 0.638. The van der Waals surface area contributed by atoms with Crippen LogP contribution in [0.5, 0.6) is 0 Å². The maximum atomic E-state index is 10.4. The molecule has 1 aromatic rings. The third-order valence-electron chi connectivity index (χ3n) is 1.37. The van der Waals surface area contributed by atoms with E-state index in [1.165, 1.54) is 0 Å². The van der Waals surface area contributed by atoms with E-state index >= 15 is 0 Å². The van der Waals surface area contributed by atoms with Gasteiger partial charge in [-0.1, -0.05) is 11.6 Å². The number of aldehydes is 1. The molecule has 0 unspecified atom stereocenters. The van der Waals surface area contributed by atoms with E-state index in [0.717, 1.165) is 16.3 Å². The fourth-order valence-corrected chi connectivity index (χ4v) is 1.51. The minimum atomic E-state index is 0.638. The number of hydrogen-bond acceptors (Lipinski definition) is 1. The van der Waals surface area contributed by atoms with Crippen molar-refractivity contribution in [2.75, 3.05) is 0 Å². The van der Waals surface area contributed by atoms with E-state index in [-0.39, 0.29) is 0 Å². The number of halogens is 2.